The van der Waals surface area contributed by atoms with E-state index in [1.807, 2.05) is 6.92 Å². The summed E-state index contributed by atoms with van der Waals surface area (Å²) in [5, 5.41) is 2.83. The van der Waals surface area contributed by atoms with Gasteiger partial charge in [0.2, 0.25) is 0 Å². The van der Waals surface area contributed by atoms with E-state index in [-0.39, 0.29) is 13.8 Å². The Hall–Kier alpha value is -0.780. The molecule has 0 rings (SSSR count). The Balaban J connectivity index is 3.41. The van der Waals surface area contributed by atoms with Crippen LogP contribution < -0.4 is 5.32 Å². The van der Waals surface area contributed by atoms with E-state index in [9.17, 15) is 9.36 Å². The Morgan fingerprint density at radius 3 is 2.73 bits per heavy atom. The van der Waals surface area contributed by atoms with Crippen LogP contribution in [0.25, 0.3) is 0 Å². The molecule has 15 heavy (non-hydrogen) atoms. The van der Waals surface area contributed by atoms with Crippen LogP contribution in [0.15, 0.2) is 11.6 Å². The first-order chi connectivity index (χ1) is 7.22. The van der Waals surface area contributed by atoms with Crippen LogP contribution in [0.4, 0.5) is 0 Å². The third-order valence-corrected chi connectivity index (χ3v) is 2.46. The Kier molecular flexibility index (Phi) is 9.26. The third-order valence-electron chi connectivity index (χ3n) is 2.11. The summed E-state index contributed by atoms with van der Waals surface area (Å²) >= 11 is 0. The van der Waals surface area contributed by atoms with E-state index < -0.39 is 0 Å². The van der Waals surface area contributed by atoms with Crippen LogP contribution in [0.2, 0.25) is 0 Å². The fraction of sp³-hybridized carbons (Fsp3) is 0.636. The number of unbranched alkanes of at least 4 members (excludes halogenated alkanes) is 3. The Labute approximate surface area is 92.5 Å². The minimum atomic E-state index is -0.00739. The summed E-state index contributed by atoms with van der Waals surface area (Å²) in [5.74, 6) is 0.00806. The number of hydrogen-bond donors (Lipinski definition) is 1. The molecule has 4 heteroatoms. The predicted octanol–water partition coefficient (Wildman–Crippen LogP) is 2.88. The molecule has 3 nitrogen and oxygen atoms in total. The van der Waals surface area contributed by atoms with Crippen molar-refractivity contribution in [2.45, 2.75) is 39.5 Å². The van der Waals surface area contributed by atoms with Crippen molar-refractivity contribution in [2.75, 3.05) is 6.54 Å². The van der Waals surface area contributed by atoms with Gasteiger partial charge in [-0.25, -0.2) is 0 Å². The molecular weight excluding hydrogens is 209 g/mol. The molecule has 0 radical (unpaired) electrons. The molecule has 0 fully saturated rings. The van der Waals surface area contributed by atoms with Gasteiger partial charge in [-0.2, -0.15) is 0 Å². The maximum atomic E-state index is 11.3. The fourth-order valence-corrected chi connectivity index (χ4v) is 1.27. The molecule has 0 aliphatic rings. The second-order valence-corrected chi connectivity index (χ2v) is 3.79. The average molecular weight is 227 g/mol. The molecule has 1 N–H and O–H groups in total. The molecule has 0 heterocycles. The molecule has 84 valence electrons. The molecule has 0 aromatic carbocycles. The van der Waals surface area contributed by atoms with Gasteiger partial charge in [-0.05, 0) is 0 Å². The van der Waals surface area contributed by atoms with E-state index in [0.717, 1.165) is 31.3 Å². The summed E-state index contributed by atoms with van der Waals surface area (Å²) < 4.78 is 10.0. The van der Waals surface area contributed by atoms with Crippen molar-refractivity contribution in [3.05, 3.63) is 11.6 Å². The van der Waals surface area contributed by atoms with Crippen LogP contribution in [0.3, 0.4) is 0 Å². The number of amides is 1. The van der Waals surface area contributed by atoms with Crippen LogP contribution >= 0.6 is 7.92 Å². The summed E-state index contributed by atoms with van der Waals surface area (Å²) in [4.78, 5) is 11.3. The van der Waals surface area contributed by atoms with Gasteiger partial charge in [0.15, 0.2) is 0 Å². The number of rotatable bonds is 6. The number of nitrogens with one attached hydrogen (secondary N) is 1. The monoisotopic (exact) mass is 227 g/mol. The zero-order valence-corrected chi connectivity index (χ0v) is 10.3. The molecule has 0 aromatic heterocycles. The van der Waals surface area contributed by atoms with Gasteiger partial charge in [0.1, 0.15) is 0 Å². The summed E-state index contributed by atoms with van der Waals surface area (Å²) in [6.45, 7) is 4.36. The van der Waals surface area contributed by atoms with Crippen LogP contribution in [0.5, 0.6) is 0 Å². The quantitative estimate of drug-likeness (QED) is 0.431. The second kappa shape index (κ2) is 9.76. The van der Waals surface area contributed by atoms with Gasteiger partial charge in [-0.3, -0.25) is 0 Å². The van der Waals surface area contributed by atoms with Gasteiger partial charge >= 0.3 is 91.9 Å². The fourth-order valence-electron chi connectivity index (χ4n) is 1.02. The summed E-state index contributed by atoms with van der Waals surface area (Å²) in [6, 6.07) is 0. The minimum absolute atomic E-state index is 0.00739. The van der Waals surface area contributed by atoms with Gasteiger partial charge in [-0.1, -0.05) is 0 Å². The first-order valence-electron chi connectivity index (χ1n) is 5.18. The molecule has 0 aliphatic carbocycles. The van der Waals surface area contributed by atoms with Crippen molar-refractivity contribution < 1.29 is 9.36 Å². The molecular formula is C11H18NO2P. The topological polar surface area (TPSA) is 46.2 Å². The van der Waals surface area contributed by atoms with Crippen molar-refractivity contribution in [1.29, 1.82) is 0 Å². The standard InChI is InChI=1S/C11H18NO2P/c1-3-10(2)11(13)12-8-6-4-5-7-9-15-14/h3H,4-8H2,1-2H3,(H,12,13). The summed E-state index contributed by atoms with van der Waals surface area (Å²) in [5.41, 5.74) is 3.45. The van der Waals surface area contributed by atoms with Gasteiger partial charge in [0.25, 0.3) is 0 Å². The first-order valence-corrected chi connectivity index (χ1v) is 6.00. The van der Waals surface area contributed by atoms with Gasteiger partial charge in [0, 0.05) is 0 Å². The van der Waals surface area contributed by atoms with Gasteiger partial charge in [-0.15, -0.1) is 0 Å². The first kappa shape index (κ1) is 14.2. The van der Waals surface area contributed by atoms with E-state index >= 15 is 0 Å². The van der Waals surface area contributed by atoms with Crippen molar-refractivity contribution in [3.8, 4) is 5.63 Å². The second-order valence-electron chi connectivity index (χ2n) is 3.29. The molecule has 0 saturated heterocycles. The normalized spacial score (nSPS) is 10.7. The molecule has 0 atom stereocenters. The van der Waals surface area contributed by atoms with Crippen LogP contribution in [-0.4, -0.2) is 12.5 Å². The van der Waals surface area contributed by atoms with E-state index in [4.69, 9.17) is 0 Å². The molecule has 0 bridgehead atoms. The zero-order chi connectivity index (χ0) is 11.5. The molecule has 0 spiro atoms. The van der Waals surface area contributed by atoms with E-state index in [0.29, 0.717) is 6.54 Å². The van der Waals surface area contributed by atoms with Crippen LogP contribution in [0.1, 0.15) is 39.5 Å². The van der Waals surface area contributed by atoms with E-state index in [1.165, 1.54) is 0 Å². The van der Waals surface area contributed by atoms with Crippen molar-refractivity contribution in [2.24, 2.45) is 0 Å². The molecule has 0 aromatic rings. The van der Waals surface area contributed by atoms with Crippen molar-refractivity contribution >= 4 is 13.8 Å². The molecule has 1 amide bonds. The maximum absolute atomic E-state index is 11.3. The predicted molar refractivity (Wildman–Crippen MR) is 62.4 cm³/mol. The van der Waals surface area contributed by atoms with Crippen molar-refractivity contribution in [1.82, 2.24) is 5.32 Å². The van der Waals surface area contributed by atoms with E-state index in [1.54, 1.807) is 13.0 Å². The summed E-state index contributed by atoms with van der Waals surface area (Å²) in [6.07, 6.45) is 5.52. The Morgan fingerprint density at radius 1 is 1.40 bits per heavy atom. The van der Waals surface area contributed by atoms with Crippen LogP contribution in [0, 0.1) is 5.63 Å². The van der Waals surface area contributed by atoms with Gasteiger partial charge in [0.05, 0.1) is 0 Å². The van der Waals surface area contributed by atoms with Crippen LogP contribution in [-0.2, 0) is 9.36 Å². The summed E-state index contributed by atoms with van der Waals surface area (Å²) in [7, 11) is -0.00739. The average Bonchev–Trinajstić information content (AvgIpc) is 2.26. The van der Waals surface area contributed by atoms with Crippen molar-refractivity contribution in [3.63, 3.8) is 0 Å². The molecule has 0 saturated carbocycles. The third kappa shape index (κ3) is 8.23. The zero-order valence-electron chi connectivity index (χ0n) is 9.38. The molecule has 0 unspecified atom stereocenters. The van der Waals surface area contributed by atoms with Gasteiger partial charge < -0.3 is 0 Å². The SMILES string of the molecule is CC=C(C)C(=O)NCCCCCC#P=O. The number of carbonyl (C=O) groups excluding carboxylic acids is 1. The Bertz CT molecular complexity index is 316. The number of allylic oxidation sites excluding steroid dienone is 1. The van der Waals surface area contributed by atoms with E-state index in [2.05, 4.69) is 10.9 Å². The number of hydrogen-bond acceptors (Lipinski definition) is 2. The number of carbonyl (C=O) groups is 1. The molecule has 0 aliphatic heterocycles. The Morgan fingerprint density at radius 2 is 2.13 bits per heavy atom.